The number of carbonyl (C=O) groups excluding carboxylic acids is 2. The third-order valence-electron chi connectivity index (χ3n) is 7.39. The summed E-state index contributed by atoms with van der Waals surface area (Å²) in [5.41, 5.74) is 3.26. The van der Waals surface area contributed by atoms with Crippen LogP contribution in [0.25, 0.3) is 22.0 Å². The summed E-state index contributed by atoms with van der Waals surface area (Å²) < 4.78 is 71.4. The van der Waals surface area contributed by atoms with Gasteiger partial charge in [0.1, 0.15) is 17.7 Å². The van der Waals surface area contributed by atoms with Crippen molar-refractivity contribution in [3.63, 3.8) is 0 Å². The van der Waals surface area contributed by atoms with Gasteiger partial charge in [0.15, 0.2) is 5.78 Å². The molecule has 0 fully saturated rings. The molecule has 0 aliphatic heterocycles. The average molecular weight is 606 g/mol. The van der Waals surface area contributed by atoms with Gasteiger partial charge in [0, 0.05) is 40.5 Å². The van der Waals surface area contributed by atoms with Gasteiger partial charge in [0.2, 0.25) is 5.91 Å². The average Bonchev–Trinajstić information content (AvgIpc) is 3.35. The maximum Gasteiger partial charge on any atom is 0.391 e. The van der Waals surface area contributed by atoms with E-state index >= 15 is 0 Å². The lowest BCUT2D eigenvalue weighted by molar-refractivity contribution is -0.152. The fourth-order valence-corrected chi connectivity index (χ4v) is 5.40. The van der Waals surface area contributed by atoms with Crippen LogP contribution in [0.1, 0.15) is 52.6 Å². The molecule has 1 N–H and O–H groups in total. The second kappa shape index (κ2) is 12.4. The number of halogens is 5. The van der Waals surface area contributed by atoms with Gasteiger partial charge in [-0.1, -0.05) is 54.1 Å². The SMILES string of the molecule is CC(=O)c1cn(C(CC(F)(F)F)C(=O)N[C@@H](Cc2cc(F)cc(F)c2)c2ncccc2-c2ccc(C)cc2)c2ccccc12. The summed E-state index contributed by atoms with van der Waals surface area (Å²) in [5.74, 6) is -3.04. The van der Waals surface area contributed by atoms with Crippen LogP contribution in [-0.2, 0) is 11.2 Å². The van der Waals surface area contributed by atoms with E-state index in [4.69, 9.17) is 0 Å². The smallest absolute Gasteiger partial charge is 0.346 e. The summed E-state index contributed by atoms with van der Waals surface area (Å²) >= 11 is 0. The Morgan fingerprint density at radius 3 is 2.27 bits per heavy atom. The Hall–Kier alpha value is -4.86. The number of carbonyl (C=O) groups is 2. The van der Waals surface area contributed by atoms with Crippen molar-refractivity contribution in [3.05, 3.63) is 125 Å². The zero-order valence-corrected chi connectivity index (χ0v) is 23.8. The Labute approximate surface area is 250 Å². The van der Waals surface area contributed by atoms with Gasteiger partial charge in [-0.3, -0.25) is 14.6 Å². The summed E-state index contributed by atoms with van der Waals surface area (Å²) in [5, 5.41) is 3.13. The number of aromatic nitrogens is 2. The number of nitrogens with zero attached hydrogens (tertiary/aromatic N) is 2. The van der Waals surface area contributed by atoms with Gasteiger partial charge < -0.3 is 9.88 Å². The molecule has 2 heterocycles. The molecule has 2 atom stereocenters. The molecule has 10 heteroatoms. The minimum Gasteiger partial charge on any atom is -0.346 e. The molecule has 5 aromatic rings. The molecule has 0 saturated carbocycles. The molecular weight excluding hydrogens is 577 g/mol. The lowest BCUT2D eigenvalue weighted by atomic mass is 9.94. The van der Waals surface area contributed by atoms with E-state index in [0.717, 1.165) is 27.8 Å². The first-order valence-corrected chi connectivity index (χ1v) is 13.8. The van der Waals surface area contributed by atoms with Crippen molar-refractivity contribution in [2.75, 3.05) is 0 Å². The van der Waals surface area contributed by atoms with Crippen molar-refractivity contribution in [2.24, 2.45) is 0 Å². The minimum atomic E-state index is -4.75. The maximum atomic E-state index is 14.2. The number of Topliss-reactive ketones (excluding diaryl/α,β-unsaturated/α-hetero) is 1. The van der Waals surface area contributed by atoms with Crippen molar-refractivity contribution in [1.29, 1.82) is 0 Å². The van der Waals surface area contributed by atoms with Crippen LogP contribution in [0.15, 0.2) is 91.3 Å². The van der Waals surface area contributed by atoms with Crippen molar-refractivity contribution < 1.29 is 31.5 Å². The van der Waals surface area contributed by atoms with Crippen LogP contribution in [-0.4, -0.2) is 27.4 Å². The summed E-state index contributed by atoms with van der Waals surface area (Å²) in [6.07, 6.45) is -3.70. The number of pyridine rings is 1. The van der Waals surface area contributed by atoms with Crippen LogP contribution in [0, 0.1) is 18.6 Å². The van der Waals surface area contributed by atoms with Crippen molar-refractivity contribution in [3.8, 4) is 11.1 Å². The number of amides is 1. The Morgan fingerprint density at radius 2 is 1.61 bits per heavy atom. The standard InChI is InChI=1S/C34H28F5N3O2/c1-20-9-11-23(12-10-20)26-7-5-13-40-32(26)29(16-22-14-24(35)17-25(36)15-22)41-33(44)31(18-34(37,38)39)42-19-28(21(2)43)27-6-3-4-8-30(27)42/h3-15,17,19,29,31H,16,18H2,1-2H3,(H,41,44)/t29-,31?/m0/s1. The molecular formula is C34H28F5N3O2. The summed E-state index contributed by atoms with van der Waals surface area (Å²) in [6, 6.07) is 17.3. The third-order valence-corrected chi connectivity index (χ3v) is 7.39. The van der Waals surface area contributed by atoms with E-state index in [1.807, 2.05) is 31.2 Å². The first-order chi connectivity index (χ1) is 20.9. The van der Waals surface area contributed by atoms with Crippen LogP contribution >= 0.6 is 0 Å². The summed E-state index contributed by atoms with van der Waals surface area (Å²) in [7, 11) is 0. The van der Waals surface area contributed by atoms with Gasteiger partial charge in [-0.15, -0.1) is 0 Å². The first-order valence-electron chi connectivity index (χ1n) is 13.8. The number of nitrogens with one attached hydrogen (secondary N) is 1. The molecule has 3 aromatic carbocycles. The molecule has 0 aliphatic carbocycles. The van der Waals surface area contributed by atoms with Crippen molar-refractivity contribution in [2.45, 2.75) is 44.9 Å². The number of fused-ring (bicyclic) bond motifs is 1. The number of hydrogen-bond donors (Lipinski definition) is 1. The number of para-hydroxylation sites is 1. The van der Waals surface area contributed by atoms with E-state index in [9.17, 15) is 31.5 Å². The highest BCUT2D eigenvalue weighted by Gasteiger charge is 2.38. The molecule has 0 radical (unpaired) electrons. The van der Waals surface area contributed by atoms with Crippen LogP contribution in [0.5, 0.6) is 0 Å². The second-order valence-electron chi connectivity index (χ2n) is 10.7. The predicted molar refractivity (Wildman–Crippen MR) is 157 cm³/mol. The number of ketones is 1. The highest BCUT2D eigenvalue weighted by atomic mass is 19.4. The Bertz CT molecular complexity index is 1810. The fourth-order valence-electron chi connectivity index (χ4n) is 5.40. The van der Waals surface area contributed by atoms with Crippen LogP contribution in [0.4, 0.5) is 22.0 Å². The van der Waals surface area contributed by atoms with Gasteiger partial charge in [0.05, 0.1) is 18.2 Å². The first kappa shape index (κ1) is 30.6. The van der Waals surface area contributed by atoms with E-state index in [1.54, 1.807) is 36.4 Å². The largest absolute Gasteiger partial charge is 0.391 e. The van der Waals surface area contributed by atoms with Crippen LogP contribution in [0.3, 0.4) is 0 Å². The minimum absolute atomic E-state index is 0.167. The van der Waals surface area contributed by atoms with Crippen molar-refractivity contribution in [1.82, 2.24) is 14.9 Å². The zero-order valence-electron chi connectivity index (χ0n) is 23.8. The highest BCUT2D eigenvalue weighted by molar-refractivity contribution is 6.07. The maximum absolute atomic E-state index is 14.2. The Balaban J connectivity index is 1.61. The van der Waals surface area contributed by atoms with E-state index in [0.29, 0.717) is 22.7 Å². The van der Waals surface area contributed by atoms with Gasteiger partial charge in [0.25, 0.3) is 0 Å². The fraction of sp³-hybridized carbons (Fsp3) is 0.206. The van der Waals surface area contributed by atoms with Gasteiger partial charge in [-0.25, -0.2) is 8.78 Å². The summed E-state index contributed by atoms with van der Waals surface area (Å²) in [4.78, 5) is 30.8. The molecule has 2 aromatic heterocycles. The zero-order chi connectivity index (χ0) is 31.6. The van der Waals surface area contributed by atoms with Crippen molar-refractivity contribution >= 4 is 22.6 Å². The highest BCUT2D eigenvalue weighted by Crippen LogP contribution is 2.35. The number of aryl methyl sites for hydroxylation is 1. The molecule has 226 valence electrons. The lowest BCUT2D eigenvalue weighted by Crippen LogP contribution is -2.38. The van der Waals surface area contributed by atoms with Crippen LogP contribution in [0.2, 0.25) is 0 Å². The van der Waals surface area contributed by atoms with Gasteiger partial charge >= 0.3 is 6.18 Å². The molecule has 5 nitrogen and oxygen atoms in total. The molecule has 44 heavy (non-hydrogen) atoms. The van der Waals surface area contributed by atoms with Gasteiger partial charge in [-0.2, -0.15) is 13.2 Å². The molecule has 0 bridgehead atoms. The molecule has 0 spiro atoms. The van der Waals surface area contributed by atoms with Crippen LogP contribution < -0.4 is 5.32 Å². The molecule has 0 saturated heterocycles. The van der Waals surface area contributed by atoms with E-state index in [-0.39, 0.29) is 28.8 Å². The number of benzene rings is 3. The summed E-state index contributed by atoms with van der Waals surface area (Å²) in [6.45, 7) is 3.21. The number of alkyl halides is 3. The topological polar surface area (TPSA) is 64.0 Å². The predicted octanol–water partition coefficient (Wildman–Crippen LogP) is 8.09. The molecule has 1 amide bonds. The second-order valence-corrected chi connectivity index (χ2v) is 10.7. The van der Waals surface area contributed by atoms with E-state index in [1.165, 1.54) is 19.3 Å². The third kappa shape index (κ3) is 6.85. The molecule has 5 rings (SSSR count). The number of hydrogen-bond acceptors (Lipinski definition) is 3. The normalized spacial score (nSPS) is 13.1. The van der Waals surface area contributed by atoms with E-state index in [2.05, 4.69) is 10.3 Å². The number of rotatable bonds is 9. The van der Waals surface area contributed by atoms with Gasteiger partial charge in [-0.05, 0) is 55.7 Å². The Morgan fingerprint density at radius 1 is 0.932 bits per heavy atom. The lowest BCUT2D eigenvalue weighted by Gasteiger charge is -2.26. The Kier molecular flexibility index (Phi) is 8.62. The molecule has 0 aliphatic rings. The molecule has 1 unspecified atom stereocenters. The van der Waals surface area contributed by atoms with E-state index < -0.39 is 42.2 Å². The monoisotopic (exact) mass is 605 g/mol. The quantitative estimate of drug-likeness (QED) is 0.137.